The van der Waals surface area contributed by atoms with Crippen molar-refractivity contribution in [1.29, 1.82) is 0 Å². The van der Waals surface area contributed by atoms with E-state index in [4.69, 9.17) is 9.94 Å². The van der Waals surface area contributed by atoms with Gasteiger partial charge in [0.1, 0.15) is 5.75 Å². The molecule has 128 valence electrons. The fourth-order valence-electron chi connectivity index (χ4n) is 2.73. The minimum absolute atomic E-state index is 0.166. The number of nitrogens with zero attached hydrogens (tertiary/aromatic N) is 1. The predicted molar refractivity (Wildman–Crippen MR) is 94.3 cm³/mol. The van der Waals surface area contributed by atoms with Gasteiger partial charge in [-0.05, 0) is 36.2 Å². The van der Waals surface area contributed by atoms with E-state index in [0.29, 0.717) is 6.42 Å². The molecule has 0 unspecified atom stereocenters. The van der Waals surface area contributed by atoms with Crippen molar-refractivity contribution in [2.75, 3.05) is 7.11 Å². The Hall–Kier alpha value is -3.12. The summed E-state index contributed by atoms with van der Waals surface area (Å²) in [4.78, 5) is 11.5. The van der Waals surface area contributed by atoms with Crippen molar-refractivity contribution in [2.24, 2.45) is 0 Å². The maximum Gasteiger partial charge on any atom is 0.243 e. The minimum atomic E-state index is -0.430. The van der Waals surface area contributed by atoms with Crippen LogP contribution in [0.3, 0.4) is 0 Å². The lowest BCUT2D eigenvalue weighted by Gasteiger charge is -2.07. The highest BCUT2D eigenvalue weighted by molar-refractivity contribution is 5.78. The summed E-state index contributed by atoms with van der Waals surface area (Å²) < 4.78 is 5.19. The number of nitrogens with one attached hydrogen (secondary N) is 2. The maximum atomic E-state index is 11.5. The van der Waals surface area contributed by atoms with Gasteiger partial charge in [0.2, 0.25) is 5.91 Å². The van der Waals surface area contributed by atoms with Crippen molar-refractivity contribution in [3.05, 3.63) is 60.2 Å². The van der Waals surface area contributed by atoms with E-state index in [1.807, 2.05) is 54.6 Å². The summed E-state index contributed by atoms with van der Waals surface area (Å²) in [6.07, 6.45) is 0.619. The SMILES string of the molecule is COc1ccc(-c2n[nH]c(-c3ccccc3)c2CCC(=O)NO)cc1. The van der Waals surface area contributed by atoms with Gasteiger partial charge in [-0.15, -0.1) is 0 Å². The molecule has 0 aliphatic carbocycles. The molecule has 6 heteroatoms. The quantitative estimate of drug-likeness (QED) is 0.476. The number of benzene rings is 2. The third kappa shape index (κ3) is 3.70. The van der Waals surface area contributed by atoms with Gasteiger partial charge in [0, 0.05) is 17.5 Å². The second-order valence-electron chi connectivity index (χ2n) is 5.56. The number of aromatic amines is 1. The van der Waals surface area contributed by atoms with Crippen LogP contribution in [0.1, 0.15) is 12.0 Å². The molecule has 0 fully saturated rings. The van der Waals surface area contributed by atoms with Crippen LogP contribution in [0.4, 0.5) is 0 Å². The average molecular weight is 337 g/mol. The third-order valence-corrected chi connectivity index (χ3v) is 4.02. The fraction of sp³-hybridized carbons (Fsp3) is 0.158. The van der Waals surface area contributed by atoms with Gasteiger partial charge in [0.05, 0.1) is 18.5 Å². The van der Waals surface area contributed by atoms with E-state index in [0.717, 1.165) is 33.8 Å². The third-order valence-electron chi connectivity index (χ3n) is 4.02. The molecule has 0 radical (unpaired) electrons. The molecule has 0 atom stereocenters. The van der Waals surface area contributed by atoms with E-state index in [1.165, 1.54) is 0 Å². The van der Waals surface area contributed by atoms with E-state index in [9.17, 15) is 4.79 Å². The number of carbonyl (C=O) groups is 1. The molecule has 1 heterocycles. The van der Waals surface area contributed by atoms with Crippen molar-refractivity contribution in [2.45, 2.75) is 12.8 Å². The molecule has 2 aromatic carbocycles. The van der Waals surface area contributed by atoms with E-state index < -0.39 is 5.91 Å². The van der Waals surface area contributed by atoms with Crippen molar-refractivity contribution < 1.29 is 14.7 Å². The van der Waals surface area contributed by atoms with E-state index in [1.54, 1.807) is 12.6 Å². The normalized spacial score (nSPS) is 10.5. The minimum Gasteiger partial charge on any atom is -0.497 e. The van der Waals surface area contributed by atoms with Crippen LogP contribution in [0.25, 0.3) is 22.5 Å². The Morgan fingerprint density at radius 3 is 2.48 bits per heavy atom. The fourth-order valence-corrected chi connectivity index (χ4v) is 2.73. The topological polar surface area (TPSA) is 87.2 Å². The number of hydrogen-bond acceptors (Lipinski definition) is 4. The summed E-state index contributed by atoms with van der Waals surface area (Å²) in [6, 6.07) is 17.4. The van der Waals surface area contributed by atoms with Crippen LogP contribution >= 0.6 is 0 Å². The summed E-state index contributed by atoms with van der Waals surface area (Å²) >= 11 is 0. The number of hydroxylamine groups is 1. The van der Waals surface area contributed by atoms with Gasteiger partial charge in [-0.2, -0.15) is 5.10 Å². The van der Waals surface area contributed by atoms with E-state index in [2.05, 4.69) is 10.2 Å². The molecule has 1 amide bonds. The summed E-state index contributed by atoms with van der Waals surface area (Å²) in [5.41, 5.74) is 6.19. The molecule has 0 bridgehead atoms. The highest BCUT2D eigenvalue weighted by Crippen LogP contribution is 2.32. The first-order chi connectivity index (χ1) is 12.2. The van der Waals surface area contributed by atoms with Crippen LogP contribution in [0.5, 0.6) is 5.75 Å². The number of rotatable bonds is 6. The molecule has 6 nitrogen and oxygen atoms in total. The zero-order valence-electron chi connectivity index (χ0n) is 13.8. The number of amides is 1. The molecule has 0 saturated heterocycles. The largest absolute Gasteiger partial charge is 0.497 e. The van der Waals surface area contributed by atoms with Crippen LogP contribution in [-0.2, 0) is 11.2 Å². The van der Waals surface area contributed by atoms with Gasteiger partial charge in [-0.3, -0.25) is 15.1 Å². The Balaban J connectivity index is 2.01. The van der Waals surface area contributed by atoms with Crippen LogP contribution in [-0.4, -0.2) is 28.4 Å². The molecule has 1 aromatic heterocycles. The average Bonchev–Trinajstić information content (AvgIpc) is 3.10. The Morgan fingerprint density at radius 2 is 1.84 bits per heavy atom. The number of H-pyrrole nitrogens is 1. The first-order valence-electron chi connectivity index (χ1n) is 7.93. The molecule has 0 spiro atoms. The Bertz CT molecular complexity index is 842. The van der Waals surface area contributed by atoms with Crippen LogP contribution in [0, 0.1) is 0 Å². The van der Waals surface area contributed by atoms with Crippen molar-refractivity contribution in [1.82, 2.24) is 15.7 Å². The number of aromatic nitrogens is 2. The van der Waals surface area contributed by atoms with Crippen molar-refractivity contribution in [3.8, 4) is 28.3 Å². The summed E-state index contributed by atoms with van der Waals surface area (Å²) in [5.74, 6) is 0.338. The van der Waals surface area contributed by atoms with Gasteiger partial charge in [0.15, 0.2) is 0 Å². The molecule has 25 heavy (non-hydrogen) atoms. The van der Waals surface area contributed by atoms with Crippen molar-refractivity contribution >= 4 is 5.91 Å². The molecule has 0 aliphatic rings. The van der Waals surface area contributed by atoms with Crippen LogP contribution in [0.2, 0.25) is 0 Å². The van der Waals surface area contributed by atoms with Gasteiger partial charge in [-0.25, -0.2) is 5.48 Å². The predicted octanol–water partition coefficient (Wildman–Crippen LogP) is 3.19. The number of ether oxygens (including phenoxy) is 1. The Kier molecular flexibility index (Phi) is 5.11. The van der Waals surface area contributed by atoms with Crippen LogP contribution in [0.15, 0.2) is 54.6 Å². The smallest absolute Gasteiger partial charge is 0.243 e. The maximum absolute atomic E-state index is 11.5. The first-order valence-corrected chi connectivity index (χ1v) is 7.93. The first kappa shape index (κ1) is 16.7. The number of methoxy groups -OCH3 is 1. The Labute approximate surface area is 145 Å². The zero-order valence-corrected chi connectivity index (χ0v) is 13.8. The standard InChI is InChI=1S/C19H19N3O3/c1-25-15-9-7-14(8-10-15)19-16(11-12-17(23)22-24)18(20-21-19)13-5-3-2-4-6-13/h2-10,24H,11-12H2,1H3,(H,20,21)(H,22,23). The summed E-state index contributed by atoms with van der Waals surface area (Å²) in [6.45, 7) is 0. The molecular weight excluding hydrogens is 318 g/mol. The Morgan fingerprint density at radius 1 is 1.12 bits per heavy atom. The monoisotopic (exact) mass is 337 g/mol. The van der Waals surface area contributed by atoms with Gasteiger partial charge in [-0.1, -0.05) is 30.3 Å². The van der Waals surface area contributed by atoms with E-state index in [-0.39, 0.29) is 6.42 Å². The second kappa shape index (κ2) is 7.63. The van der Waals surface area contributed by atoms with Crippen molar-refractivity contribution in [3.63, 3.8) is 0 Å². The molecule has 3 rings (SSSR count). The molecule has 3 aromatic rings. The summed E-state index contributed by atoms with van der Waals surface area (Å²) in [5, 5.41) is 16.3. The molecule has 0 aliphatic heterocycles. The van der Waals surface area contributed by atoms with Gasteiger partial charge < -0.3 is 4.74 Å². The second-order valence-corrected chi connectivity index (χ2v) is 5.56. The van der Waals surface area contributed by atoms with Gasteiger partial charge in [0.25, 0.3) is 0 Å². The lowest BCUT2D eigenvalue weighted by molar-refractivity contribution is -0.129. The number of hydrogen-bond donors (Lipinski definition) is 3. The molecule has 3 N–H and O–H groups in total. The van der Waals surface area contributed by atoms with E-state index >= 15 is 0 Å². The lowest BCUT2D eigenvalue weighted by atomic mass is 9.98. The lowest BCUT2D eigenvalue weighted by Crippen LogP contribution is -2.18. The highest BCUT2D eigenvalue weighted by Gasteiger charge is 2.17. The highest BCUT2D eigenvalue weighted by atomic mass is 16.5. The molecular formula is C19H19N3O3. The van der Waals surface area contributed by atoms with Gasteiger partial charge >= 0.3 is 0 Å². The number of carbonyl (C=O) groups excluding carboxylic acids is 1. The summed E-state index contributed by atoms with van der Waals surface area (Å²) in [7, 11) is 1.62. The zero-order chi connectivity index (χ0) is 17.6. The van der Waals surface area contributed by atoms with Crippen LogP contribution < -0.4 is 10.2 Å². The molecule has 0 saturated carbocycles.